The molecule has 3 rings (SSSR count). The summed E-state index contributed by atoms with van der Waals surface area (Å²) in [4.78, 5) is 0. The Morgan fingerprint density at radius 2 is 1.67 bits per heavy atom. The summed E-state index contributed by atoms with van der Waals surface area (Å²) in [5.74, 6) is 0.871. The number of alkyl halides is 1. The van der Waals surface area contributed by atoms with Crippen molar-refractivity contribution < 1.29 is 4.74 Å². The second kappa shape index (κ2) is 6.24. The van der Waals surface area contributed by atoms with Crippen LogP contribution >= 0.6 is 34.2 Å². The lowest BCUT2D eigenvalue weighted by atomic mass is 10.0. The van der Waals surface area contributed by atoms with Crippen LogP contribution in [0, 0.1) is 3.57 Å². The molecule has 0 N–H and O–H groups in total. The Morgan fingerprint density at radius 1 is 0.952 bits per heavy atom. The van der Waals surface area contributed by atoms with Crippen molar-refractivity contribution in [1.82, 2.24) is 0 Å². The van der Waals surface area contributed by atoms with Gasteiger partial charge in [-0.1, -0.05) is 36.4 Å². The monoisotopic (exact) mass is 408 g/mol. The molecule has 0 amide bonds. The molecule has 0 aliphatic rings. The molecule has 0 heterocycles. The maximum Gasteiger partial charge on any atom is 0.119 e. The third-order valence-corrected chi connectivity index (χ3v) is 5.01. The summed E-state index contributed by atoms with van der Waals surface area (Å²) < 4.78 is 6.44. The molecule has 1 nitrogen and oxygen atoms in total. The van der Waals surface area contributed by atoms with Crippen LogP contribution in [-0.4, -0.2) is 7.11 Å². The van der Waals surface area contributed by atoms with Gasteiger partial charge in [-0.15, -0.1) is 11.6 Å². The minimum atomic E-state index is -0.135. The third kappa shape index (κ3) is 3.01. The van der Waals surface area contributed by atoms with Gasteiger partial charge >= 0.3 is 0 Å². The molecule has 0 spiro atoms. The molecule has 1 unspecified atom stereocenters. The predicted octanol–water partition coefficient (Wildman–Crippen LogP) is 5.78. The molecule has 0 radical (unpaired) electrons. The highest BCUT2D eigenvalue weighted by atomic mass is 127. The zero-order valence-corrected chi connectivity index (χ0v) is 14.4. The Bertz CT molecular complexity index is 785. The minimum absolute atomic E-state index is 0.135. The molecular weight excluding hydrogens is 395 g/mol. The molecule has 0 bridgehead atoms. The summed E-state index contributed by atoms with van der Waals surface area (Å²) in [5.41, 5.74) is 2.26. The molecule has 3 aromatic rings. The van der Waals surface area contributed by atoms with Gasteiger partial charge in [0.15, 0.2) is 0 Å². The first-order chi connectivity index (χ1) is 10.2. The van der Waals surface area contributed by atoms with Gasteiger partial charge in [0.25, 0.3) is 0 Å². The number of hydrogen-bond donors (Lipinski definition) is 0. The van der Waals surface area contributed by atoms with E-state index in [1.165, 1.54) is 8.96 Å². The van der Waals surface area contributed by atoms with Crippen LogP contribution in [0.5, 0.6) is 5.75 Å². The van der Waals surface area contributed by atoms with Crippen LogP contribution in [-0.2, 0) is 0 Å². The van der Waals surface area contributed by atoms with Gasteiger partial charge in [0.1, 0.15) is 5.75 Å². The number of ether oxygens (including phenoxy) is 1. The summed E-state index contributed by atoms with van der Waals surface area (Å²) in [6.45, 7) is 0. The van der Waals surface area contributed by atoms with Gasteiger partial charge in [0.05, 0.1) is 12.5 Å². The summed E-state index contributed by atoms with van der Waals surface area (Å²) in [6.07, 6.45) is 0. The van der Waals surface area contributed by atoms with Crippen LogP contribution in [0.15, 0.2) is 60.7 Å². The lowest BCUT2D eigenvalue weighted by molar-refractivity contribution is 0.415. The average Bonchev–Trinajstić information content (AvgIpc) is 2.53. The summed E-state index contributed by atoms with van der Waals surface area (Å²) in [7, 11) is 1.68. The quantitative estimate of drug-likeness (QED) is 0.394. The fraction of sp³-hybridized carbons (Fsp3) is 0.111. The van der Waals surface area contributed by atoms with Crippen molar-refractivity contribution in [2.24, 2.45) is 0 Å². The topological polar surface area (TPSA) is 9.23 Å². The molecule has 21 heavy (non-hydrogen) atoms. The molecule has 0 aliphatic heterocycles. The predicted molar refractivity (Wildman–Crippen MR) is 97.4 cm³/mol. The van der Waals surface area contributed by atoms with E-state index < -0.39 is 0 Å². The first kappa shape index (κ1) is 14.7. The number of benzene rings is 3. The SMILES string of the molecule is COc1ccc2cc(C(Cl)c3ccccc3I)ccc2c1. The molecule has 0 aliphatic carbocycles. The summed E-state index contributed by atoms with van der Waals surface area (Å²) in [5, 5.41) is 2.19. The van der Waals surface area contributed by atoms with Crippen LogP contribution in [0.4, 0.5) is 0 Å². The molecule has 3 heteroatoms. The lowest BCUT2D eigenvalue weighted by Crippen LogP contribution is -1.96. The number of methoxy groups -OCH3 is 1. The van der Waals surface area contributed by atoms with E-state index in [0.29, 0.717) is 0 Å². The van der Waals surface area contributed by atoms with Gasteiger partial charge in [-0.25, -0.2) is 0 Å². The standard InChI is InChI=1S/C18H14ClIO/c1-21-15-9-8-12-10-14(7-6-13(12)11-15)18(19)16-4-2-3-5-17(16)20/h2-11,18H,1H3. The smallest absolute Gasteiger partial charge is 0.119 e. The van der Waals surface area contributed by atoms with Gasteiger partial charge in [-0.3, -0.25) is 0 Å². The number of halogens is 2. The third-order valence-electron chi connectivity index (χ3n) is 3.54. The molecule has 106 valence electrons. The van der Waals surface area contributed by atoms with Crippen LogP contribution in [0.1, 0.15) is 16.5 Å². The Labute approximate surface area is 143 Å². The van der Waals surface area contributed by atoms with Gasteiger partial charge in [-0.2, -0.15) is 0 Å². The van der Waals surface area contributed by atoms with Crippen molar-refractivity contribution in [2.45, 2.75) is 5.38 Å². The van der Waals surface area contributed by atoms with Crippen molar-refractivity contribution >= 4 is 45.0 Å². The first-order valence-corrected chi connectivity index (χ1v) is 8.17. The maximum atomic E-state index is 6.67. The fourth-order valence-electron chi connectivity index (χ4n) is 2.39. The van der Waals surface area contributed by atoms with Crippen LogP contribution in [0.25, 0.3) is 10.8 Å². The normalized spacial score (nSPS) is 12.3. The molecule has 0 saturated carbocycles. The number of fused-ring (bicyclic) bond motifs is 1. The highest BCUT2D eigenvalue weighted by Crippen LogP contribution is 2.33. The summed E-state index contributed by atoms with van der Waals surface area (Å²) >= 11 is 9.00. The fourth-order valence-corrected chi connectivity index (χ4v) is 3.60. The van der Waals surface area contributed by atoms with E-state index >= 15 is 0 Å². The first-order valence-electron chi connectivity index (χ1n) is 6.65. The zero-order valence-electron chi connectivity index (χ0n) is 11.5. The van der Waals surface area contributed by atoms with Crippen molar-refractivity contribution in [3.63, 3.8) is 0 Å². The second-order valence-corrected chi connectivity index (χ2v) is 6.46. The van der Waals surface area contributed by atoms with Gasteiger partial charge < -0.3 is 4.74 Å². The van der Waals surface area contributed by atoms with E-state index in [-0.39, 0.29) is 5.38 Å². The number of rotatable bonds is 3. The molecule has 0 saturated heterocycles. The average molecular weight is 409 g/mol. The van der Waals surface area contributed by atoms with E-state index in [4.69, 9.17) is 16.3 Å². The van der Waals surface area contributed by atoms with E-state index in [2.05, 4.69) is 59.0 Å². The minimum Gasteiger partial charge on any atom is -0.497 e. The molecule has 1 atom stereocenters. The van der Waals surface area contributed by atoms with Gasteiger partial charge in [-0.05, 0) is 68.8 Å². The van der Waals surface area contributed by atoms with Crippen molar-refractivity contribution in [3.05, 3.63) is 75.4 Å². The highest BCUT2D eigenvalue weighted by molar-refractivity contribution is 14.1. The van der Waals surface area contributed by atoms with Gasteiger partial charge in [0, 0.05) is 3.57 Å². The molecule has 0 aromatic heterocycles. The Hall–Kier alpha value is -1.26. The Kier molecular flexibility index (Phi) is 4.36. The van der Waals surface area contributed by atoms with E-state index in [1.807, 2.05) is 24.3 Å². The Balaban J connectivity index is 2.03. The second-order valence-electron chi connectivity index (χ2n) is 4.86. The largest absolute Gasteiger partial charge is 0.497 e. The van der Waals surface area contributed by atoms with Crippen molar-refractivity contribution in [3.8, 4) is 5.75 Å². The van der Waals surface area contributed by atoms with E-state index in [0.717, 1.165) is 22.3 Å². The Morgan fingerprint density at radius 3 is 2.43 bits per heavy atom. The van der Waals surface area contributed by atoms with Gasteiger partial charge in [0.2, 0.25) is 0 Å². The van der Waals surface area contributed by atoms with Crippen molar-refractivity contribution in [1.29, 1.82) is 0 Å². The number of hydrogen-bond acceptors (Lipinski definition) is 1. The summed E-state index contributed by atoms with van der Waals surface area (Å²) in [6, 6.07) is 20.6. The lowest BCUT2D eigenvalue weighted by Gasteiger charge is -2.13. The highest BCUT2D eigenvalue weighted by Gasteiger charge is 2.13. The van der Waals surface area contributed by atoms with Crippen molar-refractivity contribution in [2.75, 3.05) is 7.11 Å². The molecule has 0 fully saturated rings. The van der Waals surface area contributed by atoms with E-state index in [9.17, 15) is 0 Å². The molecular formula is C18H14ClIO. The zero-order chi connectivity index (χ0) is 14.8. The van der Waals surface area contributed by atoms with Crippen LogP contribution < -0.4 is 4.74 Å². The van der Waals surface area contributed by atoms with Crippen LogP contribution in [0.2, 0.25) is 0 Å². The maximum absolute atomic E-state index is 6.67. The van der Waals surface area contributed by atoms with Crippen LogP contribution in [0.3, 0.4) is 0 Å². The molecule has 3 aromatic carbocycles. The van der Waals surface area contributed by atoms with E-state index in [1.54, 1.807) is 7.11 Å².